The summed E-state index contributed by atoms with van der Waals surface area (Å²) in [5, 5.41) is 4.32. The second kappa shape index (κ2) is 7.47. The summed E-state index contributed by atoms with van der Waals surface area (Å²) in [6.45, 7) is 3.28. The number of nitrogens with zero attached hydrogens (tertiary/aromatic N) is 2. The van der Waals surface area contributed by atoms with Crippen LogP contribution in [0.25, 0.3) is 0 Å². The summed E-state index contributed by atoms with van der Waals surface area (Å²) in [6.07, 6.45) is 1.79. The van der Waals surface area contributed by atoms with Gasteiger partial charge in [-0.3, -0.25) is 4.55 Å². The molecule has 2 saturated heterocycles. The van der Waals surface area contributed by atoms with Gasteiger partial charge in [-0.15, -0.1) is 0 Å². The zero-order chi connectivity index (χ0) is 18.0. The third-order valence-corrected chi connectivity index (χ3v) is 5.83. The standard InChI is InChI=1S/C10H11Cl2N3.C6H6O3S/c11-8-1-7(3-14-10(8)12)15-4-6-2-13-9(6)5-15;7-10(8,9)6-4-2-1-3-5-6/h1,3,6,9,13H,2,4-5H2;1-5H,(H,7,8,9)/t6?,9-;/m1./s1. The molecule has 2 N–H and O–H groups in total. The first-order chi connectivity index (χ1) is 11.8. The molecule has 0 radical (unpaired) electrons. The maximum atomic E-state index is 10.4. The van der Waals surface area contributed by atoms with Crippen LogP contribution in [0.4, 0.5) is 5.69 Å². The van der Waals surface area contributed by atoms with E-state index in [9.17, 15) is 8.42 Å². The van der Waals surface area contributed by atoms with Crippen molar-refractivity contribution in [1.82, 2.24) is 10.3 Å². The molecule has 9 heteroatoms. The summed E-state index contributed by atoms with van der Waals surface area (Å²) < 4.78 is 29.2. The summed E-state index contributed by atoms with van der Waals surface area (Å²) in [4.78, 5) is 6.30. The van der Waals surface area contributed by atoms with Crippen molar-refractivity contribution in [2.24, 2.45) is 5.92 Å². The zero-order valence-electron chi connectivity index (χ0n) is 13.1. The van der Waals surface area contributed by atoms with Crippen molar-refractivity contribution in [2.75, 3.05) is 24.5 Å². The molecule has 1 unspecified atom stereocenters. The van der Waals surface area contributed by atoms with Crippen LogP contribution in [0, 0.1) is 5.92 Å². The molecule has 2 atom stereocenters. The lowest BCUT2D eigenvalue weighted by atomic mass is 9.96. The van der Waals surface area contributed by atoms with Crippen LogP contribution in [0.15, 0.2) is 47.5 Å². The first-order valence-corrected chi connectivity index (χ1v) is 9.86. The summed E-state index contributed by atoms with van der Waals surface area (Å²) in [5.74, 6) is 0.791. The van der Waals surface area contributed by atoms with Crippen LogP contribution in [-0.2, 0) is 10.1 Å². The predicted octanol–water partition coefficient (Wildman–Crippen LogP) is 2.73. The molecule has 0 aliphatic carbocycles. The fourth-order valence-corrected chi connectivity index (χ4v) is 3.60. The fourth-order valence-electron chi connectivity index (χ4n) is 2.84. The van der Waals surface area contributed by atoms with Crippen molar-refractivity contribution in [1.29, 1.82) is 0 Å². The van der Waals surface area contributed by atoms with Gasteiger partial charge in [0.05, 0.1) is 21.8 Å². The number of hydrogen-bond donors (Lipinski definition) is 2. The lowest BCUT2D eigenvalue weighted by molar-refractivity contribution is 0.297. The van der Waals surface area contributed by atoms with Crippen molar-refractivity contribution in [2.45, 2.75) is 10.9 Å². The molecule has 2 fully saturated rings. The van der Waals surface area contributed by atoms with Gasteiger partial charge in [0.25, 0.3) is 10.1 Å². The predicted molar refractivity (Wildman–Crippen MR) is 98.0 cm³/mol. The van der Waals surface area contributed by atoms with E-state index >= 15 is 0 Å². The van der Waals surface area contributed by atoms with E-state index in [2.05, 4.69) is 15.2 Å². The third-order valence-electron chi connectivity index (χ3n) is 4.27. The highest BCUT2D eigenvalue weighted by atomic mass is 35.5. The summed E-state index contributed by atoms with van der Waals surface area (Å²) in [5.41, 5.74) is 1.07. The monoisotopic (exact) mass is 401 g/mol. The molecule has 0 spiro atoms. The van der Waals surface area contributed by atoms with Crippen LogP contribution in [0.3, 0.4) is 0 Å². The molecule has 134 valence electrons. The first-order valence-electron chi connectivity index (χ1n) is 7.66. The van der Waals surface area contributed by atoms with Crippen molar-refractivity contribution in [3.8, 4) is 0 Å². The van der Waals surface area contributed by atoms with Gasteiger partial charge in [-0.2, -0.15) is 8.42 Å². The van der Waals surface area contributed by atoms with Gasteiger partial charge in [0.1, 0.15) is 5.15 Å². The highest BCUT2D eigenvalue weighted by Gasteiger charge is 2.39. The number of fused-ring (bicyclic) bond motifs is 1. The molecule has 6 nitrogen and oxygen atoms in total. The molecule has 1 aromatic carbocycles. The van der Waals surface area contributed by atoms with Gasteiger partial charge in [-0.05, 0) is 18.2 Å². The molecule has 25 heavy (non-hydrogen) atoms. The third kappa shape index (κ3) is 4.43. The van der Waals surface area contributed by atoms with Gasteiger partial charge in [0, 0.05) is 31.6 Å². The quantitative estimate of drug-likeness (QED) is 0.594. The normalized spacial score (nSPS) is 21.8. The number of pyridine rings is 1. The molecule has 0 bridgehead atoms. The molecule has 0 amide bonds. The van der Waals surface area contributed by atoms with Crippen LogP contribution in [-0.4, -0.2) is 43.6 Å². The van der Waals surface area contributed by atoms with E-state index in [-0.39, 0.29) is 4.90 Å². The van der Waals surface area contributed by atoms with Crippen LogP contribution in [0.5, 0.6) is 0 Å². The van der Waals surface area contributed by atoms with E-state index in [1.165, 1.54) is 12.1 Å². The highest BCUT2D eigenvalue weighted by molar-refractivity contribution is 7.85. The second-order valence-corrected chi connectivity index (χ2v) is 8.12. The Balaban J connectivity index is 0.000000160. The number of benzene rings is 1. The minimum Gasteiger partial charge on any atom is -0.368 e. The lowest BCUT2D eigenvalue weighted by Crippen LogP contribution is -2.51. The van der Waals surface area contributed by atoms with E-state index in [1.54, 1.807) is 24.4 Å². The molecular weight excluding hydrogens is 385 g/mol. The smallest absolute Gasteiger partial charge is 0.294 e. The molecular formula is C16H17Cl2N3O3S. The average Bonchev–Trinajstić information content (AvgIpc) is 2.86. The number of hydrogen-bond acceptors (Lipinski definition) is 5. The highest BCUT2D eigenvalue weighted by Crippen LogP contribution is 2.30. The van der Waals surface area contributed by atoms with Gasteiger partial charge in [0.2, 0.25) is 0 Å². The number of nitrogens with one attached hydrogen (secondary N) is 1. The van der Waals surface area contributed by atoms with Crippen molar-refractivity contribution >= 4 is 39.0 Å². The van der Waals surface area contributed by atoms with Crippen molar-refractivity contribution in [3.63, 3.8) is 0 Å². The molecule has 0 saturated carbocycles. The summed E-state index contributed by atoms with van der Waals surface area (Å²) >= 11 is 11.7. The summed E-state index contributed by atoms with van der Waals surface area (Å²) in [7, 11) is -4.00. The second-order valence-electron chi connectivity index (χ2n) is 5.93. The van der Waals surface area contributed by atoms with E-state index < -0.39 is 10.1 Å². The number of aromatic nitrogens is 1. The maximum absolute atomic E-state index is 10.4. The Labute approximate surface area is 156 Å². The van der Waals surface area contributed by atoms with E-state index in [0.717, 1.165) is 31.2 Å². The Morgan fingerprint density at radius 3 is 2.36 bits per heavy atom. The Morgan fingerprint density at radius 1 is 1.20 bits per heavy atom. The van der Waals surface area contributed by atoms with Gasteiger partial charge >= 0.3 is 0 Å². The molecule has 2 aromatic rings. The summed E-state index contributed by atoms with van der Waals surface area (Å²) in [6, 6.07) is 9.96. The average molecular weight is 402 g/mol. The maximum Gasteiger partial charge on any atom is 0.294 e. The van der Waals surface area contributed by atoms with Crippen LogP contribution < -0.4 is 10.2 Å². The SMILES string of the molecule is Clc1cc(N2CC3CN[C@@H]3C2)cnc1Cl.O=S(=O)(O)c1ccccc1. The van der Waals surface area contributed by atoms with Gasteiger partial charge in [0.15, 0.2) is 0 Å². The van der Waals surface area contributed by atoms with E-state index in [1.807, 2.05) is 6.07 Å². The van der Waals surface area contributed by atoms with Crippen LogP contribution in [0.2, 0.25) is 10.2 Å². The number of rotatable bonds is 2. The van der Waals surface area contributed by atoms with Crippen LogP contribution >= 0.6 is 23.2 Å². The van der Waals surface area contributed by atoms with Gasteiger partial charge < -0.3 is 10.2 Å². The number of anilines is 1. The Hall–Kier alpha value is -1.38. The van der Waals surface area contributed by atoms with Crippen LogP contribution in [0.1, 0.15) is 0 Å². The Morgan fingerprint density at radius 2 is 1.92 bits per heavy atom. The molecule has 2 aliphatic heterocycles. The van der Waals surface area contributed by atoms with E-state index in [0.29, 0.717) is 16.2 Å². The van der Waals surface area contributed by atoms with Gasteiger partial charge in [-0.1, -0.05) is 41.4 Å². The largest absolute Gasteiger partial charge is 0.368 e. The topological polar surface area (TPSA) is 82.5 Å². The fraction of sp³-hybridized carbons (Fsp3) is 0.312. The molecule has 3 heterocycles. The molecule has 4 rings (SSSR count). The number of halogens is 2. The minimum atomic E-state index is -4.00. The Kier molecular flexibility index (Phi) is 5.50. The molecule has 2 aliphatic rings. The van der Waals surface area contributed by atoms with Gasteiger partial charge in [-0.25, -0.2) is 4.98 Å². The van der Waals surface area contributed by atoms with Crippen molar-refractivity contribution < 1.29 is 13.0 Å². The minimum absolute atomic E-state index is 0.0741. The first kappa shape index (κ1) is 18.4. The zero-order valence-corrected chi connectivity index (χ0v) is 15.5. The molecule has 1 aromatic heterocycles. The lowest BCUT2D eigenvalue weighted by Gasteiger charge is -2.29. The van der Waals surface area contributed by atoms with E-state index in [4.69, 9.17) is 27.8 Å². The Bertz CT molecular complexity index is 837. The van der Waals surface area contributed by atoms with Crippen molar-refractivity contribution in [3.05, 3.63) is 52.8 Å².